The van der Waals surface area contributed by atoms with Gasteiger partial charge in [-0.05, 0) is 58.1 Å². The molecule has 2 rings (SSSR count). The summed E-state index contributed by atoms with van der Waals surface area (Å²) in [5.41, 5.74) is 8.47. The zero-order valence-corrected chi connectivity index (χ0v) is 16.6. The van der Waals surface area contributed by atoms with Gasteiger partial charge >= 0.3 is 0 Å². The van der Waals surface area contributed by atoms with Crippen molar-refractivity contribution in [2.75, 3.05) is 0 Å². The number of benzene rings is 2. The van der Waals surface area contributed by atoms with Crippen LogP contribution in [0.1, 0.15) is 77.6 Å². The van der Waals surface area contributed by atoms with E-state index in [4.69, 9.17) is 0 Å². The molecule has 0 heteroatoms. The first-order chi connectivity index (χ1) is 11.0. The van der Waals surface area contributed by atoms with Crippen molar-refractivity contribution in [3.63, 3.8) is 0 Å². The van der Waals surface area contributed by atoms with E-state index in [0.29, 0.717) is 0 Å². The van der Waals surface area contributed by atoms with Crippen molar-refractivity contribution < 1.29 is 0 Å². The Morgan fingerprint density at radius 2 is 0.750 bits per heavy atom. The molecular formula is C24H32. The molecule has 0 nitrogen and oxygen atoms in total. The summed E-state index contributed by atoms with van der Waals surface area (Å²) in [5.74, 6) is 0. The molecule has 0 amide bonds. The Labute approximate surface area is 148 Å². The first-order valence-electron chi connectivity index (χ1n) is 8.89. The summed E-state index contributed by atoms with van der Waals surface area (Å²) in [5, 5.41) is 0. The second-order valence-electron chi connectivity index (χ2n) is 8.90. The maximum Gasteiger partial charge on any atom is -0.0132 e. The predicted octanol–water partition coefficient (Wildman–Crippen LogP) is 7.23. The van der Waals surface area contributed by atoms with Gasteiger partial charge in [-0.3, -0.25) is 0 Å². The van der Waals surface area contributed by atoms with Gasteiger partial charge in [-0.25, -0.2) is 0 Å². The van der Waals surface area contributed by atoms with Crippen LogP contribution in [0.25, 0.3) is 11.1 Å². The van der Waals surface area contributed by atoms with Crippen molar-refractivity contribution in [2.45, 2.75) is 66.2 Å². The van der Waals surface area contributed by atoms with E-state index in [9.17, 15) is 0 Å². The zero-order chi connectivity index (χ0) is 18.1. The van der Waals surface area contributed by atoms with Gasteiger partial charge in [0.2, 0.25) is 0 Å². The number of hydrogen-bond donors (Lipinski definition) is 0. The normalized spacial score (nSPS) is 13.7. The topological polar surface area (TPSA) is 0 Å². The van der Waals surface area contributed by atoms with Gasteiger partial charge in [0.25, 0.3) is 0 Å². The van der Waals surface area contributed by atoms with Crippen LogP contribution in [-0.2, 0) is 10.8 Å². The fourth-order valence-electron chi connectivity index (χ4n) is 2.87. The molecule has 0 heterocycles. The number of hydrogen-bond acceptors (Lipinski definition) is 0. The first-order valence-corrected chi connectivity index (χ1v) is 8.89. The van der Waals surface area contributed by atoms with Gasteiger partial charge in [0.05, 0.1) is 0 Å². The quantitative estimate of drug-likeness (QED) is 0.512. The summed E-state index contributed by atoms with van der Waals surface area (Å²) in [6.45, 7) is 18.0. The fraction of sp³-hybridized carbons (Fsp3) is 0.417. The van der Waals surface area contributed by atoms with Gasteiger partial charge in [0, 0.05) is 0 Å². The molecule has 0 aliphatic carbocycles. The summed E-state index contributed by atoms with van der Waals surface area (Å²) in [6, 6.07) is 18.0. The first kappa shape index (κ1) is 18.5. The van der Waals surface area contributed by atoms with E-state index in [1.165, 1.54) is 33.4 Å². The molecule has 24 heavy (non-hydrogen) atoms. The summed E-state index contributed by atoms with van der Waals surface area (Å²) in [6.07, 6.45) is 0. The van der Waals surface area contributed by atoms with Crippen molar-refractivity contribution >= 4 is 11.1 Å². The summed E-state index contributed by atoms with van der Waals surface area (Å²) >= 11 is 0. The Hall–Kier alpha value is -1.82. The van der Waals surface area contributed by atoms with Crippen LogP contribution in [0.2, 0.25) is 0 Å². The minimum absolute atomic E-state index is 0.202. The lowest BCUT2D eigenvalue weighted by Gasteiger charge is -2.20. The van der Waals surface area contributed by atoms with Crippen molar-refractivity contribution in [3.8, 4) is 0 Å². The van der Waals surface area contributed by atoms with E-state index in [2.05, 4.69) is 104 Å². The van der Waals surface area contributed by atoms with Crippen LogP contribution in [0.5, 0.6) is 0 Å². The lowest BCUT2D eigenvalue weighted by Crippen LogP contribution is -2.10. The van der Waals surface area contributed by atoms with Crippen molar-refractivity contribution in [2.24, 2.45) is 0 Å². The standard InChI is InChI=1S/C24H32/c1-17(19-9-13-21(14-10-19)23(3,4)5)18(2)20-11-15-22(16-12-20)24(6,7)8/h9-16H,1-8H3/b18-17+. The molecule has 0 unspecified atom stereocenters. The largest absolute Gasteiger partial charge is 0.0579 e. The van der Waals surface area contributed by atoms with Gasteiger partial charge in [0.1, 0.15) is 0 Å². The van der Waals surface area contributed by atoms with E-state index in [-0.39, 0.29) is 10.8 Å². The van der Waals surface area contributed by atoms with Crippen molar-refractivity contribution in [1.29, 1.82) is 0 Å². The van der Waals surface area contributed by atoms with Crippen LogP contribution in [0.3, 0.4) is 0 Å². The highest BCUT2D eigenvalue weighted by Gasteiger charge is 2.15. The molecule has 0 radical (unpaired) electrons. The van der Waals surface area contributed by atoms with Gasteiger partial charge in [-0.15, -0.1) is 0 Å². The third kappa shape index (κ3) is 4.17. The molecule has 0 aliphatic heterocycles. The van der Waals surface area contributed by atoms with Crippen LogP contribution < -0.4 is 0 Å². The van der Waals surface area contributed by atoms with Gasteiger partial charge in [-0.1, -0.05) is 90.1 Å². The van der Waals surface area contributed by atoms with Crippen LogP contribution in [0.15, 0.2) is 48.5 Å². The third-order valence-electron chi connectivity index (χ3n) is 4.93. The lowest BCUT2D eigenvalue weighted by atomic mass is 9.85. The monoisotopic (exact) mass is 320 g/mol. The van der Waals surface area contributed by atoms with E-state index >= 15 is 0 Å². The van der Waals surface area contributed by atoms with Crippen molar-refractivity contribution in [1.82, 2.24) is 0 Å². The molecule has 2 aromatic rings. The van der Waals surface area contributed by atoms with Gasteiger partial charge < -0.3 is 0 Å². The summed E-state index contributed by atoms with van der Waals surface area (Å²) < 4.78 is 0. The maximum absolute atomic E-state index is 2.26. The Balaban J connectivity index is 2.33. The molecule has 0 bridgehead atoms. The second kappa shape index (κ2) is 6.59. The van der Waals surface area contributed by atoms with Gasteiger partial charge in [-0.2, -0.15) is 0 Å². The Kier molecular flexibility index (Phi) is 5.08. The van der Waals surface area contributed by atoms with Crippen LogP contribution in [-0.4, -0.2) is 0 Å². The molecule has 0 fully saturated rings. The Morgan fingerprint density at radius 3 is 0.958 bits per heavy atom. The fourth-order valence-corrected chi connectivity index (χ4v) is 2.87. The molecule has 0 atom stereocenters. The number of rotatable bonds is 2. The number of allylic oxidation sites excluding steroid dienone is 2. The highest BCUT2D eigenvalue weighted by atomic mass is 14.2. The smallest absolute Gasteiger partial charge is 0.0132 e. The minimum atomic E-state index is 0.202. The average molecular weight is 321 g/mol. The molecule has 0 saturated carbocycles. The van der Waals surface area contributed by atoms with Crippen LogP contribution in [0.4, 0.5) is 0 Å². The van der Waals surface area contributed by atoms with E-state index in [1.54, 1.807) is 0 Å². The van der Waals surface area contributed by atoms with Gasteiger partial charge in [0.15, 0.2) is 0 Å². The zero-order valence-electron chi connectivity index (χ0n) is 16.6. The highest BCUT2D eigenvalue weighted by molar-refractivity contribution is 5.88. The molecule has 0 N–H and O–H groups in total. The molecule has 0 saturated heterocycles. The summed E-state index contributed by atoms with van der Waals surface area (Å²) in [4.78, 5) is 0. The minimum Gasteiger partial charge on any atom is -0.0579 e. The molecule has 0 spiro atoms. The predicted molar refractivity (Wildman–Crippen MR) is 108 cm³/mol. The molecule has 0 aromatic heterocycles. The molecule has 0 aliphatic rings. The highest BCUT2D eigenvalue weighted by Crippen LogP contribution is 2.30. The van der Waals surface area contributed by atoms with E-state index < -0.39 is 0 Å². The van der Waals surface area contributed by atoms with E-state index in [0.717, 1.165) is 0 Å². The summed E-state index contributed by atoms with van der Waals surface area (Å²) in [7, 11) is 0. The molecule has 2 aromatic carbocycles. The Bertz CT molecular complexity index is 646. The average Bonchev–Trinajstić information content (AvgIpc) is 2.52. The second-order valence-corrected chi connectivity index (χ2v) is 8.90. The SMILES string of the molecule is C/C(=C(/C)c1ccc(C(C)(C)C)cc1)c1ccc(C(C)(C)C)cc1. The molecule has 128 valence electrons. The maximum atomic E-state index is 2.26. The van der Waals surface area contributed by atoms with Crippen molar-refractivity contribution in [3.05, 3.63) is 70.8 Å². The van der Waals surface area contributed by atoms with Crippen LogP contribution in [0, 0.1) is 0 Å². The third-order valence-corrected chi connectivity index (χ3v) is 4.93. The van der Waals surface area contributed by atoms with Crippen LogP contribution >= 0.6 is 0 Å². The van der Waals surface area contributed by atoms with E-state index in [1.807, 2.05) is 0 Å². The Morgan fingerprint density at radius 1 is 0.500 bits per heavy atom. The lowest BCUT2D eigenvalue weighted by molar-refractivity contribution is 0.590. The molecular weight excluding hydrogens is 288 g/mol.